The van der Waals surface area contributed by atoms with Gasteiger partial charge in [-0.2, -0.15) is 0 Å². The fourth-order valence-electron chi connectivity index (χ4n) is 1.23. The van der Waals surface area contributed by atoms with Gasteiger partial charge < -0.3 is 15.3 Å². The lowest BCUT2D eigenvalue weighted by Crippen LogP contribution is -2.11. The van der Waals surface area contributed by atoms with Crippen molar-refractivity contribution in [1.82, 2.24) is 0 Å². The molecule has 3 N–H and O–H groups in total. The van der Waals surface area contributed by atoms with E-state index in [2.05, 4.69) is 0 Å². The summed E-state index contributed by atoms with van der Waals surface area (Å²) in [5.74, 6) is 0. The van der Waals surface area contributed by atoms with Crippen LogP contribution in [0.4, 0.5) is 0 Å². The summed E-state index contributed by atoms with van der Waals surface area (Å²) in [6, 6.07) is 5.10. The Morgan fingerprint density at radius 2 is 2.36 bits per heavy atom. The van der Waals surface area contributed by atoms with Crippen molar-refractivity contribution in [2.45, 2.75) is 6.10 Å². The van der Waals surface area contributed by atoms with Gasteiger partial charge in [-0.25, -0.2) is 4.79 Å². The van der Waals surface area contributed by atoms with Gasteiger partial charge >= 0.3 is 4.94 Å². The van der Waals surface area contributed by atoms with Crippen LogP contribution in [0.15, 0.2) is 27.4 Å². The first kappa shape index (κ1) is 9.39. The number of fused-ring (bicyclic) bond motifs is 1. The van der Waals surface area contributed by atoms with Crippen molar-refractivity contribution in [3.05, 3.63) is 33.5 Å². The molecule has 2 aromatic rings. The Morgan fingerprint density at radius 1 is 1.57 bits per heavy atom. The molecule has 0 fully saturated rings. The quantitative estimate of drug-likeness (QED) is 0.772. The highest BCUT2D eigenvalue weighted by Gasteiger charge is 2.08. The largest absolute Gasteiger partial charge is 0.414 e. The summed E-state index contributed by atoms with van der Waals surface area (Å²) in [7, 11) is 0. The molecule has 4 nitrogen and oxygen atoms in total. The summed E-state index contributed by atoms with van der Waals surface area (Å²) < 4.78 is 5.62. The van der Waals surface area contributed by atoms with E-state index in [-0.39, 0.29) is 11.5 Å². The summed E-state index contributed by atoms with van der Waals surface area (Å²) in [5.41, 5.74) is 6.58. The molecule has 0 aliphatic carbocycles. The van der Waals surface area contributed by atoms with Crippen LogP contribution >= 0.6 is 11.3 Å². The molecule has 0 bridgehead atoms. The zero-order valence-electron chi connectivity index (χ0n) is 7.27. The molecule has 0 saturated heterocycles. The van der Waals surface area contributed by atoms with Crippen molar-refractivity contribution < 1.29 is 9.52 Å². The molecule has 1 aromatic heterocycles. The summed E-state index contributed by atoms with van der Waals surface area (Å²) in [6.07, 6.45) is -0.684. The molecule has 0 radical (unpaired) electrons. The van der Waals surface area contributed by atoms with Gasteiger partial charge in [-0.1, -0.05) is 17.4 Å². The van der Waals surface area contributed by atoms with Crippen molar-refractivity contribution >= 4 is 21.6 Å². The third-order valence-electron chi connectivity index (χ3n) is 1.96. The Labute approximate surface area is 83.6 Å². The SMILES string of the molecule is NCC(O)c1ccc2oc(=O)sc2c1. The van der Waals surface area contributed by atoms with Gasteiger partial charge in [0.05, 0.1) is 10.8 Å². The van der Waals surface area contributed by atoms with E-state index < -0.39 is 6.10 Å². The maximum Gasteiger partial charge on any atom is 0.396 e. The Balaban J connectivity index is 2.55. The fourth-order valence-corrected chi connectivity index (χ4v) is 1.95. The maximum atomic E-state index is 10.9. The number of aliphatic hydroxyl groups excluding tert-OH is 1. The number of aliphatic hydroxyl groups is 1. The number of nitrogens with two attached hydrogens (primary N) is 1. The van der Waals surface area contributed by atoms with Crippen LogP contribution in [-0.4, -0.2) is 11.7 Å². The lowest BCUT2D eigenvalue weighted by molar-refractivity contribution is 0.187. The average molecular weight is 211 g/mol. The number of benzene rings is 1. The molecule has 0 amide bonds. The molecule has 0 spiro atoms. The van der Waals surface area contributed by atoms with Gasteiger partial charge in [-0.05, 0) is 17.7 Å². The summed E-state index contributed by atoms with van der Waals surface area (Å²) in [5, 5.41) is 9.47. The van der Waals surface area contributed by atoms with E-state index in [0.717, 1.165) is 16.0 Å². The van der Waals surface area contributed by atoms with Gasteiger partial charge in [-0.3, -0.25) is 0 Å². The third-order valence-corrected chi connectivity index (χ3v) is 2.75. The second-order valence-corrected chi connectivity index (χ2v) is 3.89. The highest BCUT2D eigenvalue weighted by atomic mass is 32.1. The van der Waals surface area contributed by atoms with Gasteiger partial charge in [0.15, 0.2) is 0 Å². The van der Waals surface area contributed by atoms with Crippen molar-refractivity contribution in [2.75, 3.05) is 6.54 Å². The second kappa shape index (κ2) is 3.53. The molecule has 14 heavy (non-hydrogen) atoms. The molecular weight excluding hydrogens is 202 g/mol. The Bertz CT molecular complexity index is 502. The highest BCUT2D eigenvalue weighted by molar-refractivity contribution is 7.16. The second-order valence-electron chi connectivity index (χ2n) is 2.91. The summed E-state index contributed by atoms with van der Waals surface area (Å²) >= 11 is 1.02. The summed E-state index contributed by atoms with van der Waals surface area (Å²) in [6.45, 7) is 0.165. The van der Waals surface area contributed by atoms with Gasteiger partial charge in [0.25, 0.3) is 0 Å². The van der Waals surface area contributed by atoms with Crippen LogP contribution in [0.5, 0.6) is 0 Å². The highest BCUT2D eigenvalue weighted by Crippen LogP contribution is 2.21. The van der Waals surface area contributed by atoms with Crippen LogP contribution in [0.2, 0.25) is 0 Å². The maximum absolute atomic E-state index is 10.9. The zero-order valence-corrected chi connectivity index (χ0v) is 8.08. The molecular formula is C9H9NO3S. The van der Waals surface area contributed by atoms with Crippen molar-refractivity contribution in [2.24, 2.45) is 5.73 Å². The van der Waals surface area contributed by atoms with E-state index in [1.54, 1.807) is 18.2 Å². The van der Waals surface area contributed by atoms with Crippen LogP contribution < -0.4 is 10.7 Å². The first-order valence-electron chi connectivity index (χ1n) is 4.12. The normalized spacial score (nSPS) is 13.3. The fraction of sp³-hybridized carbons (Fsp3) is 0.222. The van der Waals surface area contributed by atoms with Crippen molar-refractivity contribution in [1.29, 1.82) is 0 Å². The molecule has 2 rings (SSSR count). The Hall–Kier alpha value is -1.17. The monoisotopic (exact) mass is 211 g/mol. The van der Waals surface area contributed by atoms with E-state index in [4.69, 9.17) is 10.2 Å². The molecule has 5 heteroatoms. The smallest absolute Gasteiger partial charge is 0.396 e. The molecule has 1 unspecified atom stereocenters. The van der Waals surface area contributed by atoms with E-state index in [1.807, 2.05) is 0 Å². The van der Waals surface area contributed by atoms with Gasteiger partial charge in [-0.15, -0.1) is 0 Å². The third kappa shape index (κ3) is 1.57. The predicted octanol–water partition coefficient (Wildman–Crippen LogP) is 0.847. The van der Waals surface area contributed by atoms with E-state index >= 15 is 0 Å². The van der Waals surface area contributed by atoms with Crippen LogP contribution in [0, 0.1) is 0 Å². The van der Waals surface area contributed by atoms with E-state index in [1.165, 1.54) is 0 Å². The molecule has 74 valence electrons. The molecule has 1 aromatic carbocycles. The van der Waals surface area contributed by atoms with Crippen LogP contribution in [0.3, 0.4) is 0 Å². The zero-order chi connectivity index (χ0) is 10.1. The van der Waals surface area contributed by atoms with Crippen molar-refractivity contribution in [3.63, 3.8) is 0 Å². The number of rotatable bonds is 2. The number of hydrogen-bond acceptors (Lipinski definition) is 5. The van der Waals surface area contributed by atoms with Crippen LogP contribution in [0.25, 0.3) is 10.3 Å². The molecule has 0 saturated carbocycles. The minimum Gasteiger partial charge on any atom is -0.414 e. The minimum atomic E-state index is -0.684. The molecule has 1 atom stereocenters. The molecule has 0 aliphatic heterocycles. The predicted molar refractivity (Wildman–Crippen MR) is 54.4 cm³/mol. The standard InChI is InChI=1S/C9H9NO3S/c10-4-6(11)5-1-2-7-8(3-5)14-9(12)13-7/h1-3,6,11H,4,10H2. The Kier molecular flexibility index (Phi) is 2.37. The summed E-state index contributed by atoms with van der Waals surface area (Å²) in [4.78, 5) is 10.6. The lowest BCUT2D eigenvalue weighted by atomic mass is 10.1. The van der Waals surface area contributed by atoms with Crippen molar-refractivity contribution in [3.8, 4) is 0 Å². The minimum absolute atomic E-state index is 0.165. The van der Waals surface area contributed by atoms with E-state index in [9.17, 15) is 9.90 Å². The Morgan fingerprint density at radius 3 is 3.07 bits per heavy atom. The first-order chi connectivity index (χ1) is 6.70. The van der Waals surface area contributed by atoms with Gasteiger partial charge in [0, 0.05) is 6.54 Å². The average Bonchev–Trinajstić information content (AvgIpc) is 2.55. The van der Waals surface area contributed by atoms with Crippen LogP contribution in [0.1, 0.15) is 11.7 Å². The topological polar surface area (TPSA) is 76.5 Å². The van der Waals surface area contributed by atoms with Gasteiger partial charge in [0.1, 0.15) is 5.58 Å². The number of hydrogen-bond donors (Lipinski definition) is 2. The lowest BCUT2D eigenvalue weighted by Gasteiger charge is -2.06. The van der Waals surface area contributed by atoms with Gasteiger partial charge in [0.2, 0.25) is 0 Å². The van der Waals surface area contributed by atoms with Crippen LogP contribution in [-0.2, 0) is 0 Å². The first-order valence-corrected chi connectivity index (χ1v) is 4.94. The molecule has 1 heterocycles. The van der Waals surface area contributed by atoms with E-state index in [0.29, 0.717) is 11.1 Å². The molecule has 0 aliphatic rings.